The van der Waals surface area contributed by atoms with Crippen molar-refractivity contribution < 1.29 is 34.8 Å². The zero-order valence-electron chi connectivity index (χ0n) is 10.9. The molecule has 0 aromatic heterocycles. The zero-order chi connectivity index (χ0) is 15.8. The highest BCUT2D eigenvalue weighted by atomic mass is 32.1. The van der Waals surface area contributed by atoms with Crippen LogP contribution in [0, 0.1) is 0 Å². The maximum atomic E-state index is 9.29. The fourth-order valence-corrected chi connectivity index (χ4v) is 0.356. The van der Waals surface area contributed by atoms with Crippen molar-refractivity contribution in [3.8, 4) is 0 Å². The van der Waals surface area contributed by atoms with Crippen LogP contribution in [0.3, 0.4) is 0 Å². The first-order valence-electron chi connectivity index (χ1n) is 5.27. The summed E-state index contributed by atoms with van der Waals surface area (Å²) < 4.78 is 4.95. The molecule has 116 valence electrons. The van der Waals surface area contributed by atoms with Gasteiger partial charge in [0.1, 0.15) is 0 Å². The van der Waals surface area contributed by atoms with E-state index in [1.54, 1.807) is 13.8 Å². The summed E-state index contributed by atoms with van der Waals surface area (Å²) in [7, 11) is 0. The van der Waals surface area contributed by atoms with Gasteiger partial charge in [0, 0.05) is 0 Å². The van der Waals surface area contributed by atoms with Crippen LogP contribution in [0.25, 0.3) is 0 Å². The highest BCUT2D eigenvalue weighted by molar-refractivity contribution is 7.81. The predicted octanol–water partition coefficient (Wildman–Crippen LogP) is -0.234. The van der Waals surface area contributed by atoms with Gasteiger partial charge < -0.3 is 25.2 Å². The highest BCUT2D eigenvalue weighted by Crippen LogP contribution is 1.90. The van der Waals surface area contributed by atoms with Crippen molar-refractivity contribution in [3.05, 3.63) is 0 Å². The number of hydrogen-bond acceptors (Lipinski definition) is 7. The molecular formula is C10H22O7S2. The van der Waals surface area contributed by atoms with Gasteiger partial charge in [-0.3, -0.25) is 9.59 Å². The molecule has 0 rings (SSSR count). The van der Waals surface area contributed by atoms with Crippen LogP contribution >= 0.6 is 25.3 Å². The van der Waals surface area contributed by atoms with Gasteiger partial charge in [-0.05, 0) is 13.8 Å². The van der Waals surface area contributed by atoms with Crippen LogP contribution in [0.15, 0.2) is 0 Å². The van der Waals surface area contributed by atoms with Crippen molar-refractivity contribution in [3.63, 3.8) is 0 Å². The second kappa shape index (κ2) is 17.5. The third-order valence-electron chi connectivity index (χ3n) is 1.15. The highest BCUT2D eigenvalue weighted by Gasteiger charge is 2.00. The van der Waals surface area contributed by atoms with Gasteiger partial charge in [0.25, 0.3) is 0 Å². The maximum absolute atomic E-state index is 9.29. The zero-order valence-corrected chi connectivity index (χ0v) is 12.7. The molecule has 0 bridgehead atoms. The number of thiol groups is 2. The minimum atomic E-state index is -0.881. The second-order valence-corrected chi connectivity index (χ2v) is 3.91. The minimum Gasteiger partial charge on any atom is -0.481 e. The summed E-state index contributed by atoms with van der Waals surface area (Å²) in [5.74, 6) is -1.93. The Morgan fingerprint density at radius 3 is 1.58 bits per heavy atom. The largest absolute Gasteiger partial charge is 0.481 e. The van der Waals surface area contributed by atoms with Crippen molar-refractivity contribution >= 4 is 37.2 Å². The van der Waals surface area contributed by atoms with Crippen molar-refractivity contribution in [2.75, 3.05) is 24.7 Å². The third-order valence-corrected chi connectivity index (χ3v) is 1.69. The first-order chi connectivity index (χ1) is 8.70. The van der Waals surface area contributed by atoms with E-state index >= 15 is 0 Å². The Hall–Kier alpha value is -0.480. The monoisotopic (exact) mass is 318 g/mol. The van der Waals surface area contributed by atoms with Crippen LogP contribution in [0.4, 0.5) is 0 Å². The van der Waals surface area contributed by atoms with E-state index in [1.165, 1.54) is 0 Å². The summed E-state index contributed by atoms with van der Waals surface area (Å²) in [5.41, 5.74) is 0. The molecule has 0 aliphatic heterocycles. The normalized spacial score (nSPS) is 12.1. The number of aliphatic carboxylic acids is 2. The maximum Gasteiger partial charge on any atom is 0.313 e. The predicted molar refractivity (Wildman–Crippen MR) is 77.2 cm³/mol. The first-order valence-corrected chi connectivity index (χ1v) is 6.53. The van der Waals surface area contributed by atoms with Gasteiger partial charge >= 0.3 is 11.9 Å². The smallest absolute Gasteiger partial charge is 0.313 e. The Kier molecular flexibility index (Phi) is 21.8. The summed E-state index contributed by atoms with van der Waals surface area (Å²) in [6.07, 6.45) is -0.612. The lowest BCUT2D eigenvalue weighted by molar-refractivity contribution is -0.134. The van der Waals surface area contributed by atoms with Crippen LogP contribution in [-0.2, 0) is 14.3 Å². The average Bonchev–Trinajstić information content (AvgIpc) is 2.37. The summed E-state index contributed by atoms with van der Waals surface area (Å²) in [5, 5.41) is 32.4. The van der Waals surface area contributed by atoms with E-state index in [0.717, 1.165) is 0 Å². The Bertz CT molecular complexity index is 210. The fourth-order valence-electron chi connectivity index (χ4n) is 0.356. The summed E-state index contributed by atoms with van der Waals surface area (Å²) in [6, 6.07) is 0. The van der Waals surface area contributed by atoms with E-state index in [4.69, 9.17) is 25.2 Å². The standard InChI is InChI=1S/C6H14O3.2C2H4O2S/c1-5(8)4-9-6(2)3-7;2*3-2(4)1-5/h5-8H,3-4H2,1-2H3;2*5H,1H2,(H,3,4). The lowest BCUT2D eigenvalue weighted by Crippen LogP contribution is -2.19. The molecule has 0 aliphatic carbocycles. The van der Waals surface area contributed by atoms with Crippen LogP contribution in [0.5, 0.6) is 0 Å². The van der Waals surface area contributed by atoms with Gasteiger partial charge in [0.05, 0.1) is 36.9 Å². The Morgan fingerprint density at radius 1 is 1.11 bits per heavy atom. The SMILES string of the molecule is CC(O)COC(C)CO.O=C(O)CS.O=C(O)CS. The average molecular weight is 318 g/mol. The number of carbonyl (C=O) groups is 2. The van der Waals surface area contributed by atoms with Gasteiger partial charge in [0.15, 0.2) is 0 Å². The van der Waals surface area contributed by atoms with E-state index in [0.29, 0.717) is 6.61 Å². The Morgan fingerprint density at radius 2 is 1.42 bits per heavy atom. The molecule has 9 heteroatoms. The van der Waals surface area contributed by atoms with Gasteiger partial charge in [-0.25, -0.2) is 0 Å². The summed E-state index contributed by atoms with van der Waals surface area (Å²) in [4.78, 5) is 18.6. The number of carboxylic acid groups (broad SMARTS) is 2. The molecule has 0 spiro atoms. The molecule has 2 atom stereocenters. The molecule has 0 saturated heterocycles. The van der Waals surface area contributed by atoms with Crippen molar-refractivity contribution in [1.82, 2.24) is 0 Å². The van der Waals surface area contributed by atoms with Crippen molar-refractivity contribution in [2.45, 2.75) is 26.1 Å². The quantitative estimate of drug-likeness (QED) is 0.374. The molecule has 0 aliphatic rings. The molecule has 0 aromatic carbocycles. The molecule has 0 aromatic rings. The Labute approximate surface area is 123 Å². The fraction of sp³-hybridized carbons (Fsp3) is 0.800. The summed E-state index contributed by atoms with van der Waals surface area (Å²) >= 11 is 6.83. The van der Waals surface area contributed by atoms with E-state index in [9.17, 15) is 9.59 Å². The van der Waals surface area contributed by atoms with E-state index in [2.05, 4.69) is 25.3 Å². The van der Waals surface area contributed by atoms with Crippen molar-refractivity contribution in [2.24, 2.45) is 0 Å². The number of aliphatic hydroxyl groups is 2. The number of rotatable bonds is 6. The summed E-state index contributed by atoms with van der Waals surface area (Å²) in [6.45, 7) is 3.70. The second-order valence-electron chi connectivity index (χ2n) is 3.28. The molecule has 7 nitrogen and oxygen atoms in total. The van der Waals surface area contributed by atoms with Crippen LogP contribution in [0.2, 0.25) is 0 Å². The molecule has 0 heterocycles. The molecule has 19 heavy (non-hydrogen) atoms. The molecule has 4 N–H and O–H groups in total. The lowest BCUT2D eigenvalue weighted by Gasteiger charge is -2.10. The molecule has 0 fully saturated rings. The molecular weight excluding hydrogens is 296 g/mol. The van der Waals surface area contributed by atoms with Crippen LogP contribution < -0.4 is 0 Å². The topological polar surface area (TPSA) is 124 Å². The van der Waals surface area contributed by atoms with E-state index in [1.807, 2.05) is 0 Å². The first kappa shape index (κ1) is 23.6. The molecule has 0 radical (unpaired) electrons. The number of carboxylic acids is 2. The van der Waals surface area contributed by atoms with Crippen LogP contribution in [0.1, 0.15) is 13.8 Å². The van der Waals surface area contributed by atoms with Gasteiger partial charge in [-0.15, -0.1) is 0 Å². The minimum absolute atomic E-state index is 0.00667. The van der Waals surface area contributed by atoms with E-state index in [-0.39, 0.29) is 24.2 Å². The van der Waals surface area contributed by atoms with Crippen molar-refractivity contribution in [1.29, 1.82) is 0 Å². The molecule has 0 amide bonds. The van der Waals surface area contributed by atoms with Crippen LogP contribution in [-0.4, -0.2) is 69.3 Å². The number of aliphatic hydroxyl groups excluding tert-OH is 2. The third kappa shape index (κ3) is 38.1. The van der Waals surface area contributed by atoms with E-state index < -0.39 is 18.0 Å². The number of hydrogen-bond donors (Lipinski definition) is 6. The van der Waals surface area contributed by atoms with Gasteiger partial charge in [-0.2, -0.15) is 25.3 Å². The van der Waals surface area contributed by atoms with Gasteiger partial charge in [0.2, 0.25) is 0 Å². The lowest BCUT2D eigenvalue weighted by atomic mass is 10.4. The Balaban J connectivity index is -0.000000219. The molecule has 0 saturated carbocycles. The number of ether oxygens (including phenoxy) is 1. The molecule has 2 unspecified atom stereocenters. The van der Waals surface area contributed by atoms with Gasteiger partial charge in [-0.1, -0.05) is 0 Å².